The van der Waals surface area contributed by atoms with Gasteiger partial charge in [0, 0.05) is 13.1 Å². The molecule has 110 valence electrons. The van der Waals surface area contributed by atoms with Crippen molar-refractivity contribution in [2.24, 2.45) is 0 Å². The van der Waals surface area contributed by atoms with E-state index in [1.165, 1.54) is 4.90 Å². The first kappa shape index (κ1) is 15.9. The van der Waals surface area contributed by atoms with Crippen LogP contribution in [-0.4, -0.2) is 46.8 Å². The molecule has 0 radical (unpaired) electrons. The SMILES string of the molecule is CC(C)(C)OC(=O)N1CCC(O)(/C=C/C(F)F)CC1. The van der Waals surface area contributed by atoms with Crippen LogP contribution >= 0.6 is 0 Å². The van der Waals surface area contributed by atoms with Crippen LogP contribution in [0.25, 0.3) is 0 Å². The first-order valence-corrected chi connectivity index (χ1v) is 6.29. The highest BCUT2D eigenvalue weighted by atomic mass is 19.3. The van der Waals surface area contributed by atoms with Crippen LogP contribution in [0.15, 0.2) is 12.2 Å². The Kier molecular flexibility index (Phi) is 4.90. The lowest BCUT2D eigenvalue weighted by atomic mass is 9.91. The molecule has 0 aromatic rings. The van der Waals surface area contributed by atoms with E-state index in [1.54, 1.807) is 20.8 Å². The number of piperidine rings is 1. The summed E-state index contributed by atoms with van der Waals surface area (Å²) in [6.07, 6.45) is -0.738. The number of ether oxygens (including phenoxy) is 1. The number of carbonyl (C=O) groups excluding carboxylic acids is 1. The minimum atomic E-state index is -2.58. The van der Waals surface area contributed by atoms with Crippen LogP contribution in [0, 0.1) is 0 Å². The normalized spacial score (nSPS) is 20.1. The highest BCUT2D eigenvalue weighted by molar-refractivity contribution is 5.68. The molecule has 0 aromatic carbocycles. The summed E-state index contributed by atoms with van der Waals surface area (Å²) < 4.78 is 29.3. The van der Waals surface area contributed by atoms with Crippen LogP contribution in [0.1, 0.15) is 33.6 Å². The number of likely N-dealkylation sites (tertiary alicyclic amines) is 1. The van der Waals surface area contributed by atoms with Gasteiger partial charge in [0.25, 0.3) is 6.43 Å². The molecule has 1 heterocycles. The predicted molar refractivity (Wildman–Crippen MR) is 67.1 cm³/mol. The Bertz CT molecular complexity index is 342. The van der Waals surface area contributed by atoms with E-state index >= 15 is 0 Å². The summed E-state index contributed by atoms with van der Waals surface area (Å²) in [5.41, 5.74) is -1.82. The Balaban J connectivity index is 2.51. The molecule has 0 atom stereocenters. The third-order valence-corrected chi connectivity index (χ3v) is 2.83. The average molecular weight is 277 g/mol. The van der Waals surface area contributed by atoms with Crippen LogP contribution in [0.3, 0.4) is 0 Å². The molecule has 1 rings (SSSR count). The third kappa shape index (κ3) is 5.55. The molecule has 6 heteroatoms. The first-order valence-electron chi connectivity index (χ1n) is 6.29. The standard InChI is InChI=1S/C13H21F2NO3/c1-12(2,3)19-11(17)16-8-6-13(18,7-9-16)5-4-10(14)15/h4-5,10,18H,6-9H2,1-3H3/b5-4+. The second-order valence-corrected chi connectivity index (χ2v) is 5.76. The summed E-state index contributed by atoms with van der Waals surface area (Å²) in [6.45, 7) is 5.90. The zero-order valence-electron chi connectivity index (χ0n) is 11.5. The summed E-state index contributed by atoms with van der Waals surface area (Å²) in [7, 11) is 0. The Labute approximate surface area is 112 Å². The highest BCUT2D eigenvalue weighted by Crippen LogP contribution is 2.25. The van der Waals surface area contributed by atoms with Crippen molar-refractivity contribution < 1.29 is 23.4 Å². The van der Waals surface area contributed by atoms with Crippen molar-refractivity contribution in [2.45, 2.75) is 51.2 Å². The maximum absolute atomic E-state index is 12.1. The second kappa shape index (κ2) is 5.86. The van der Waals surface area contributed by atoms with Gasteiger partial charge in [-0.3, -0.25) is 0 Å². The highest BCUT2D eigenvalue weighted by Gasteiger charge is 2.33. The van der Waals surface area contributed by atoms with Gasteiger partial charge in [-0.2, -0.15) is 0 Å². The summed E-state index contributed by atoms with van der Waals surface area (Å²) >= 11 is 0. The van der Waals surface area contributed by atoms with Gasteiger partial charge in [-0.15, -0.1) is 0 Å². The molecular formula is C13H21F2NO3. The van der Waals surface area contributed by atoms with Crippen molar-refractivity contribution in [3.63, 3.8) is 0 Å². The molecule has 0 unspecified atom stereocenters. The minimum Gasteiger partial charge on any atom is -0.444 e. The number of halogens is 2. The first-order chi connectivity index (χ1) is 8.61. The summed E-state index contributed by atoms with van der Waals surface area (Å²) in [5, 5.41) is 10.1. The van der Waals surface area contributed by atoms with Crippen molar-refractivity contribution in [1.82, 2.24) is 4.90 Å². The van der Waals surface area contributed by atoms with Gasteiger partial charge < -0.3 is 14.7 Å². The van der Waals surface area contributed by atoms with Gasteiger partial charge in [0.2, 0.25) is 0 Å². The van der Waals surface area contributed by atoms with Crippen molar-refractivity contribution >= 4 is 6.09 Å². The lowest BCUT2D eigenvalue weighted by Crippen LogP contribution is -2.47. The number of aliphatic hydroxyl groups is 1. The molecule has 19 heavy (non-hydrogen) atoms. The summed E-state index contributed by atoms with van der Waals surface area (Å²) in [5.74, 6) is 0. The second-order valence-electron chi connectivity index (χ2n) is 5.76. The summed E-state index contributed by atoms with van der Waals surface area (Å²) in [6, 6.07) is 0. The van der Waals surface area contributed by atoms with Crippen LogP contribution in [0.4, 0.5) is 13.6 Å². The fourth-order valence-electron chi connectivity index (χ4n) is 1.82. The maximum Gasteiger partial charge on any atom is 0.410 e. The third-order valence-electron chi connectivity index (χ3n) is 2.83. The molecule has 1 aliphatic rings. The van der Waals surface area contributed by atoms with E-state index in [2.05, 4.69) is 0 Å². The van der Waals surface area contributed by atoms with Crippen molar-refractivity contribution in [3.05, 3.63) is 12.2 Å². The Morgan fingerprint density at radius 1 is 1.37 bits per heavy atom. The number of carbonyl (C=O) groups is 1. The van der Waals surface area contributed by atoms with E-state index in [4.69, 9.17) is 4.74 Å². The van der Waals surface area contributed by atoms with Gasteiger partial charge in [0.15, 0.2) is 0 Å². The lowest BCUT2D eigenvalue weighted by molar-refractivity contribution is -0.00908. The van der Waals surface area contributed by atoms with E-state index in [1.807, 2.05) is 0 Å². The molecule has 0 saturated carbocycles. The molecule has 1 aliphatic heterocycles. The van der Waals surface area contributed by atoms with Gasteiger partial charge in [0.05, 0.1) is 5.60 Å². The number of amides is 1. The minimum absolute atomic E-state index is 0.232. The molecular weight excluding hydrogens is 256 g/mol. The number of hydrogen-bond acceptors (Lipinski definition) is 3. The zero-order chi connectivity index (χ0) is 14.7. The topological polar surface area (TPSA) is 49.8 Å². The molecule has 4 nitrogen and oxygen atoms in total. The van der Waals surface area contributed by atoms with E-state index in [9.17, 15) is 18.7 Å². The van der Waals surface area contributed by atoms with Crippen LogP contribution in [0.5, 0.6) is 0 Å². The maximum atomic E-state index is 12.1. The molecule has 1 saturated heterocycles. The molecule has 1 N–H and O–H groups in total. The van der Waals surface area contributed by atoms with Crippen molar-refractivity contribution in [1.29, 1.82) is 0 Å². The zero-order valence-corrected chi connectivity index (χ0v) is 11.5. The van der Waals surface area contributed by atoms with E-state index < -0.39 is 23.7 Å². The van der Waals surface area contributed by atoms with Gasteiger partial charge in [-0.05, 0) is 39.7 Å². The monoisotopic (exact) mass is 277 g/mol. The Morgan fingerprint density at radius 2 is 1.89 bits per heavy atom. The van der Waals surface area contributed by atoms with E-state index in [0.29, 0.717) is 19.2 Å². The van der Waals surface area contributed by atoms with Crippen LogP contribution in [-0.2, 0) is 4.74 Å². The number of rotatable bonds is 2. The fourth-order valence-corrected chi connectivity index (χ4v) is 1.82. The Hall–Kier alpha value is -1.17. The van der Waals surface area contributed by atoms with Gasteiger partial charge >= 0.3 is 6.09 Å². The lowest BCUT2D eigenvalue weighted by Gasteiger charge is -2.37. The van der Waals surface area contributed by atoms with E-state index in [0.717, 1.165) is 6.08 Å². The van der Waals surface area contributed by atoms with Crippen LogP contribution < -0.4 is 0 Å². The number of allylic oxidation sites excluding steroid dienone is 1. The largest absolute Gasteiger partial charge is 0.444 e. The van der Waals surface area contributed by atoms with Crippen molar-refractivity contribution in [3.8, 4) is 0 Å². The van der Waals surface area contributed by atoms with Gasteiger partial charge in [-0.25, -0.2) is 13.6 Å². The number of alkyl halides is 2. The number of hydrogen-bond donors (Lipinski definition) is 1. The van der Waals surface area contributed by atoms with E-state index in [-0.39, 0.29) is 12.8 Å². The predicted octanol–water partition coefficient (Wildman–Crippen LogP) is 2.57. The van der Waals surface area contributed by atoms with Gasteiger partial charge in [0.1, 0.15) is 5.60 Å². The molecule has 0 aliphatic carbocycles. The van der Waals surface area contributed by atoms with Crippen molar-refractivity contribution in [2.75, 3.05) is 13.1 Å². The van der Waals surface area contributed by atoms with Gasteiger partial charge in [-0.1, -0.05) is 6.08 Å². The van der Waals surface area contributed by atoms with Crippen LogP contribution in [0.2, 0.25) is 0 Å². The molecule has 0 spiro atoms. The number of nitrogens with zero attached hydrogens (tertiary/aromatic N) is 1. The smallest absolute Gasteiger partial charge is 0.410 e. The average Bonchev–Trinajstić information content (AvgIpc) is 2.25. The Morgan fingerprint density at radius 3 is 2.32 bits per heavy atom. The molecule has 0 bridgehead atoms. The molecule has 0 aromatic heterocycles. The quantitative estimate of drug-likeness (QED) is 0.789. The summed E-state index contributed by atoms with van der Waals surface area (Å²) in [4.78, 5) is 13.3. The molecule has 1 amide bonds. The fraction of sp³-hybridized carbons (Fsp3) is 0.769. The molecule has 1 fully saturated rings.